The second-order valence-electron chi connectivity index (χ2n) is 8.02. The largest absolute Gasteiger partial charge is 0.355 e. The van der Waals surface area contributed by atoms with Crippen molar-refractivity contribution in [2.45, 2.75) is 51.9 Å². The van der Waals surface area contributed by atoms with Crippen LogP contribution >= 0.6 is 0 Å². The van der Waals surface area contributed by atoms with Gasteiger partial charge in [0.05, 0.1) is 0 Å². The van der Waals surface area contributed by atoms with Crippen molar-refractivity contribution in [2.24, 2.45) is 11.3 Å². The number of carbonyl (C=O) groups excluding carboxylic acids is 1. The van der Waals surface area contributed by atoms with Gasteiger partial charge in [0, 0.05) is 17.9 Å². The van der Waals surface area contributed by atoms with Gasteiger partial charge in [0.2, 0.25) is 5.91 Å². The summed E-state index contributed by atoms with van der Waals surface area (Å²) in [6, 6.07) is 8.81. The predicted octanol–water partition coefficient (Wildman–Crippen LogP) is 3.03. The van der Waals surface area contributed by atoms with E-state index in [0.29, 0.717) is 12.0 Å². The zero-order chi connectivity index (χ0) is 16.5. The number of carbonyl (C=O) groups is 1. The standard InChI is InChI=1S/C20H30N2O/c1-4-15-5-7-16(8-6-15)19(2,3)14-22-18(23)17-13-20(17)9-11-21-12-10-20/h5-8,17,21H,4,9-14H2,1-3H3,(H,22,23). The van der Waals surface area contributed by atoms with Crippen LogP contribution in [0.2, 0.25) is 0 Å². The van der Waals surface area contributed by atoms with Crippen molar-refractivity contribution in [1.29, 1.82) is 0 Å². The Morgan fingerprint density at radius 2 is 1.91 bits per heavy atom. The molecule has 2 aliphatic rings. The highest BCUT2D eigenvalue weighted by atomic mass is 16.2. The summed E-state index contributed by atoms with van der Waals surface area (Å²) >= 11 is 0. The second-order valence-corrected chi connectivity index (χ2v) is 8.02. The molecule has 2 fully saturated rings. The lowest BCUT2D eigenvalue weighted by molar-refractivity contribution is -0.123. The lowest BCUT2D eigenvalue weighted by atomic mass is 9.84. The van der Waals surface area contributed by atoms with Gasteiger partial charge < -0.3 is 10.6 Å². The Morgan fingerprint density at radius 1 is 1.26 bits per heavy atom. The quantitative estimate of drug-likeness (QED) is 0.877. The average Bonchev–Trinajstić information content (AvgIpc) is 3.26. The fourth-order valence-electron chi connectivity index (χ4n) is 3.92. The molecule has 0 bridgehead atoms. The summed E-state index contributed by atoms with van der Waals surface area (Å²) < 4.78 is 0. The normalized spacial score (nSPS) is 22.8. The molecule has 23 heavy (non-hydrogen) atoms. The smallest absolute Gasteiger partial charge is 0.223 e. The average molecular weight is 314 g/mol. The fraction of sp³-hybridized carbons (Fsp3) is 0.650. The van der Waals surface area contributed by atoms with E-state index < -0.39 is 0 Å². The molecule has 1 unspecified atom stereocenters. The number of nitrogens with one attached hydrogen (secondary N) is 2. The highest BCUT2D eigenvalue weighted by Crippen LogP contribution is 2.58. The van der Waals surface area contributed by atoms with Crippen LogP contribution in [-0.4, -0.2) is 25.5 Å². The first kappa shape index (κ1) is 16.5. The molecule has 1 aromatic rings. The van der Waals surface area contributed by atoms with E-state index in [1.165, 1.54) is 11.1 Å². The van der Waals surface area contributed by atoms with Crippen molar-refractivity contribution >= 4 is 5.91 Å². The molecule has 3 nitrogen and oxygen atoms in total. The third kappa shape index (κ3) is 3.45. The fourth-order valence-corrected chi connectivity index (χ4v) is 3.92. The Hall–Kier alpha value is -1.35. The van der Waals surface area contributed by atoms with Crippen LogP contribution < -0.4 is 10.6 Å². The van der Waals surface area contributed by atoms with Gasteiger partial charge in [-0.3, -0.25) is 4.79 Å². The van der Waals surface area contributed by atoms with E-state index in [-0.39, 0.29) is 17.2 Å². The van der Waals surface area contributed by atoms with Gasteiger partial charge in [0.1, 0.15) is 0 Å². The van der Waals surface area contributed by atoms with E-state index in [1.54, 1.807) is 0 Å². The summed E-state index contributed by atoms with van der Waals surface area (Å²) in [6.45, 7) is 9.44. The first-order valence-electron chi connectivity index (χ1n) is 9.05. The highest BCUT2D eigenvalue weighted by Gasteiger charge is 2.57. The van der Waals surface area contributed by atoms with E-state index in [1.807, 2.05) is 0 Å². The van der Waals surface area contributed by atoms with E-state index in [9.17, 15) is 4.79 Å². The third-order valence-electron chi connectivity index (χ3n) is 5.95. The maximum Gasteiger partial charge on any atom is 0.223 e. The van der Waals surface area contributed by atoms with Crippen LogP contribution in [0.15, 0.2) is 24.3 Å². The number of benzene rings is 1. The van der Waals surface area contributed by atoms with Gasteiger partial charge in [-0.15, -0.1) is 0 Å². The molecule has 126 valence electrons. The Morgan fingerprint density at radius 3 is 2.52 bits per heavy atom. The summed E-state index contributed by atoms with van der Waals surface area (Å²) in [5.74, 6) is 0.521. The van der Waals surface area contributed by atoms with Crippen LogP contribution in [0.3, 0.4) is 0 Å². The molecule has 1 amide bonds. The molecule has 1 aliphatic carbocycles. The van der Waals surface area contributed by atoms with Crippen molar-refractivity contribution < 1.29 is 4.79 Å². The van der Waals surface area contributed by atoms with E-state index in [4.69, 9.17) is 0 Å². The summed E-state index contributed by atoms with van der Waals surface area (Å²) in [6.07, 6.45) is 4.47. The van der Waals surface area contributed by atoms with Crippen LogP contribution in [0, 0.1) is 11.3 Å². The van der Waals surface area contributed by atoms with Gasteiger partial charge in [-0.05, 0) is 55.3 Å². The van der Waals surface area contributed by atoms with Crippen molar-refractivity contribution in [3.8, 4) is 0 Å². The van der Waals surface area contributed by atoms with Crippen molar-refractivity contribution in [1.82, 2.24) is 10.6 Å². The molecule has 2 N–H and O–H groups in total. The van der Waals surface area contributed by atoms with Crippen LogP contribution in [0.5, 0.6) is 0 Å². The lowest BCUT2D eigenvalue weighted by Gasteiger charge is -2.27. The molecule has 1 saturated carbocycles. The molecule has 0 radical (unpaired) electrons. The van der Waals surface area contributed by atoms with Gasteiger partial charge >= 0.3 is 0 Å². The minimum absolute atomic E-state index is 0.0297. The Labute approximate surface area is 140 Å². The molecule has 1 spiro atoms. The minimum atomic E-state index is -0.0297. The number of amides is 1. The molecular weight excluding hydrogens is 284 g/mol. The number of aryl methyl sites for hydroxylation is 1. The SMILES string of the molecule is CCc1ccc(C(C)(C)CNC(=O)C2CC23CCNCC3)cc1. The van der Waals surface area contributed by atoms with Crippen molar-refractivity contribution in [3.63, 3.8) is 0 Å². The summed E-state index contributed by atoms with van der Waals surface area (Å²) in [4.78, 5) is 12.5. The van der Waals surface area contributed by atoms with Crippen LogP contribution in [-0.2, 0) is 16.6 Å². The van der Waals surface area contributed by atoms with E-state index in [2.05, 4.69) is 55.7 Å². The molecule has 1 atom stereocenters. The van der Waals surface area contributed by atoms with Gasteiger partial charge in [-0.2, -0.15) is 0 Å². The Bertz CT molecular complexity index is 556. The molecular formula is C20H30N2O. The van der Waals surface area contributed by atoms with Gasteiger partial charge in [0.25, 0.3) is 0 Å². The van der Waals surface area contributed by atoms with Crippen LogP contribution in [0.25, 0.3) is 0 Å². The van der Waals surface area contributed by atoms with E-state index in [0.717, 1.165) is 38.8 Å². The monoisotopic (exact) mass is 314 g/mol. The molecule has 0 aromatic heterocycles. The molecule has 1 saturated heterocycles. The first-order valence-corrected chi connectivity index (χ1v) is 9.05. The zero-order valence-electron chi connectivity index (χ0n) is 14.7. The molecule has 1 aliphatic heterocycles. The zero-order valence-corrected chi connectivity index (χ0v) is 14.7. The number of piperidine rings is 1. The van der Waals surface area contributed by atoms with Crippen LogP contribution in [0.4, 0.5) is 0 Å². The van der Waals surface area contributed by atoms with Gasteiger partial charge in [-0.1, -0.05) is 45.0 Å². The summed E-state index contributed by atoms with van der Waals surface area (Å²) in [5, 5.41) is 6.62. The van der Waals surface area contributed by atoms with Crippen molar-refractivity contribution in [2.75, 3.05) is 19.6 Å². The van der Waals surface area contributed by atoms with Crippen molar-refractivity contribution in [3.05, 3.63) is 35.4 Å². The van der Waals surface area contributed by atoms with E-state index >= 15 is 0 Å². The minimum Gasteiger partial charge on any atom is -0.355 e. The lowest BCUT2D eigenvalue weighted by Crippen LogP contribution is -2.39. The molecule has 1 aromatic carbocycles. The Kier molecular flexibility index (Phi) is 4.50. The maximum absolute atomic E-state index is 12.5. The van der Waals surface area contributed by atoms with Gasteiger partial charge in [-0.25, -0.2) is 0 Å². The molecule has 1 heterocycles. The third-order valence-corrected chi connectivity index (χ3v) is 5.95. The first-order chi connectivity index (χ1) is 11.0. The number of hydrogen-bond acceptors (Lipinski definition) is 2. The Balaban J connectivity index is 1.55. The number of hydrogen-bond donors (Lipinski definition) is 2. The molecule has 3 rings (SSSR count). The second kappa shape index (κ2) is 6.27. The molecule has 3 heteroatoms. The van der Waals surface area contributed by atoms with Crippen LogP contribution in [0.1, 0.15) is 51.2 Å². The predicted molar refractivity (Wildman–Crippen MR) is 94.5 cm³/mol. The number of rotatable bonds is 5. The highest BCUT2D eigenvalue weighted by molar-refractivity contribution is 5.82. The van der Waals surface area contributed by atoms with Gasteiger partial charge in [0.15, 0.2) is 0 Å². The summed E-state index contributed by atoms with van der Waals surface area (Å²) in [7, 11) is 0. The summed E-state index contributed by atoms with van der Waals surface area (Å²) in [5.41, 5.74) is 2.95. The topological polar surface area (TPSA) is 41.1 Å². The maximum atomic E-state index is 12.5.